The largest absolute Gasteiger partial charge is 0.509 e. The van der Waals surface area contributed by atoms with Crippen molar-refractivity contribution in [2.24, 2.45) is 34.3 Å². The van der Waals surface area contributed by atoms with E-state index in [9.17, 15) is 40.1 Å². The Hall–Kier alpha value is -3.84. The Balaban J connectivity index is 2.09. The SMILES string of the molecule is CC(C)CNCc1ccc2c(c1O)C(O)=C1C(=O)[C@]3(C#N)C(O)=C(C(N)=O)C(=O)[C@@H](N(C)C)[C@]3(N)[C@@H](O)[C@]1(N)[C@H]2N. The molecule has 1 aromatic carbocycles. The standard InChI is InChI=1S/C27H35N7O7/c1-10(2)7-33-8-11-5-6-12-13(16(11)35)17(36)15-22(39)25(9-28)21(38)14(23(30)40)18(37)20(34(3)4)27(25,32)24(41)26(15,31)19(12)29/h5-6,10,19-20,24,33,35-36,38,41H,7-8,29,31-32H2,1-4H3,(H2,30,40)/t19-,20+,24-,25-,26+,27-/m0/s1. The van der Waals surface area contributed by atoms with Crippen LogP contribution < -0.4 is 28.3 Å². The van der Waals surface area contributed by atoms with Gasteiger partial charge in [-0.05, 0) is 32.1 Å². The molecule has 1 amide bonds. The molecule has 14 heteroatoms. The van der Waals surface area contributed by atoms with Crippen LogP contribution in [0.5, 0.6) is 5.75 Å². The maximum absolute atomic E-state index is 14.4. The van der Waals surface area contributed by atoms with Crippen LogP contribution in [-0.4, -0.2) is 86.7 Å². The van der Waals surface area contributed by atoms with E-state index in [-0.39, 0.29) is 17.7 Å². The minimum Gasteiger partial charge on any atom is -0.509 e. The molecule has 14 nitrogen and oxygen atoms in total. The number of aromatic hydroxyl groups is 1. The zero-order chi connectivity index (χ0) is 31.0. The van der Waals surface area contributed by atoms with Gasteiger partial charge in [0, 0.05) is 12.1 Å². The molecule has 0 spiro atoms. The number of carbonyl (C=O) groups excluding carboxylic acids is 3. The molecular formula is C27H35N7O7. The van der Waals surface area contributed by atoms with E-state index < -0.39 is 80.6 Å². The number of hydrogen-bond donors (Lipinski definition) is 9. The van der Waals surface area contributed by atoms with Gasteiger partial charge in [-0.25, -0.2) is 0 Å². The van der Waals surface area contributed by atoms with Crippen molar-refractivity contribution in [1.82, 2.24) is 10.2 Å². The second-order valence-corrected chi connectivity index (χ2v) is 11.5. The highest BCUT2D eigenvalue weighted by atomic mass is 16.3. The van der Waals surface area contributed by atoms with Gasteiger partial charge in [0.25, 0.3) is 5.91 Å². The van der Waals surface area contributed by atoms with E-state index in [4.69, 9.17) is 22.9 Å². The third-order valence-electron chi connectivity index (χ3n) is 8.51. The number of nitriles is 1. The van der Waals surface area contributed by atoms with Crippen LogP contribution in [0.4, 0.5) is 0 Å². The van der Waals surface area contributed by atoms with Gasteiger partial charge in [-0.2, -0.15) is 5.26 Å². The van der Waals surface area contributed by atoms with Crippen molar-refractivity contribution in [3.63, 3.8) is 0 Å². The summed E-state index contributed by atoms with van der Waals surface area (Å²) in [6.45, 7) is 4.78. The molecule has 1 fully saturated rings. The van der Waals surface area contributed by atoms with E-state index in [1.54, 1.807) is 6.07 Å². The molecule has 0 saturated heterocycles. The number of aliphatic hydroxyl groups excluding tert-OH is 3. The first-order valence-corrected chi connectivity index (χ1v) is 12.9. The number of amides is 1. The number of nitrogens with zero attached hydrogens (tertiary/aromatic N) is 2. The number of Topliss-reactive ketones (excluding diaryl/α,β-unsaturated/α-hetero) is 2. The molecule has 0 aromatic heterocycles. The normalized spacial score (nSPS) is 33.0. The van der Waals surface area contributed by atoms with Crippen molar-refractivity contribution < 1.29 is 34.8 Å². The highest BCUT2D eigenvalue weighted by Crippen LogP contribution is 2.60. The molecule has 4 rings (SSSR count). The summed E-state index contributed by atoms with van der Waals surface area (Å²) in [6, 6.07) is 1.33. The predicted molar refractivity (Wildman–Crippen MR) is 145 cm³/mol. The first kappa shape index (κ1) is 30.1. The molecule has 41 heavy (non-hydrogen) atoms. The van der Waals surface area contributed by atoms with Gasteiger partial charge in [0.15, 0.2) is 17.0 Å². The third kappa shape index (κ3) is 3.54. The number of rotatable bonds is 6. The minimum atomic E-state index is -3.02. The van der Waals surface area contributed by atoms with Crippen molar-refractivity contribution in [2.45, 2.75) is 49.7 Å². The number of phenols is 1. The Kier molecular flexibility index (Phi) is 7.07. The number of nitrogens with one attached hydrogen (secondary N) is 1. The van der Waals surface area contributed by atoms with Crippen LogP contribution in [0.2, 0.25) is 0 Å². The lowest BCUT2D eigenvalue weighted by Gasteiger charge is -2.62. The van der Waals surface area contributed by atoms with Gasteiger partial charge in [0.05, 0.1) is 34.8 Å². The highest BCUT2D eigenvalue weighted by Gasteiger charge is 2.79. The number of hydrogen-bond acceptors (Lipinski definition) is 13. The van der Waals surface area contributed by atoms with Gasteiger partial charge >= 0.3 is 0 Å². The number of likely N-dealkylation sites (N-methyl/N-ethyl adjacent to an activating group) is 1. The quantitative estimate of drug-likeness (QED) is 0.169. The fourth-order valence-corrected chi connectivity index (χ4v) is 6.56. The van der Waals surface area contributed by atoms with Gasteiger partial charge in [-0.1, -0.05) is 26.0 Å². The van der Waals surface area contributed by atoms with Crippen LogP contribution in [0, 0.1) is 22.7 Å². The number of fused-ring (bicyclic) bond motifs is 3. The summed E-state index contributed by atoms with van der Waals surface area (Å²) in [7, 11) is 2.68. The predicted octanol–water partition coefficient (Wildman–Crippen LogP) is -1.92. The lowest BCUT2D eigenvalue weighted by Crippen LogP contribution is -2.87. The number of nitrogens with two attached hydrogens (primary N) is 4. The van der Waals surface area contributed by atoms with Crippen molar-refractivity contribution in [3.8, 4) is 11.8 Å². The smallest absolute Gasteiger partial charge is 0.255 e. The third-order valence-corrected chi connectivity index (χ3v) is 8.51. The second kappa shape index (κ2) is 9.62. The molecule has 220 valence electrons. The topological polar surface area (TPSA) is 275 Å². The Morgan fingerprint density at radius 1 is 1.20 bits per heavy atom. The number of benzene rings is 1. The Bertz CT molecular complexity index is 1480. The summed E-state index contributed by atoms with van der Waals surface area (Å²) in [5, 5.41) is 59.5. The molecule has 6 atom stereocenters. The van der Waals surface area contributed by atoms with Crippen LogP contribution in [-0.2, 0) is 20.9 Å². The minimum absolute atomic E-state index is 0.0555. The summed E-state index contributed by atoms with van der Waals surface area (Å²) in [6.07, 6.45) is -2.25. The number of phenolic OH excluding ortho intramolecular Hbond substituents is 1. The molecule has 13 N–H and O–H groups in total. The maximum atomic E-state index is 14.4. The average Bonchev–Trinajstić information content (AvgIpc) is 2.86. The molecule has 3 aliphatic carbocycles. The van der Waals surface area contributed by atoms with Crippen LogP contribution in [0.3, 0.4) is 0 Å². The highest BCUT2D eigenvalue weighted by molar-refractivity contribution is 6.26. The summed E-state index contributed by atoms with van der Waals surface area (Å²) < 4.78 is 0. The lowest BCUT2D eigenvalue weighted by molar-refractivity contribution is -0.153. The Morgan fingerprint density at radius 3 is 2.32 bits per heavy atom. The first-order chi connectivity index (χ1) is 19.0. The molecule has 3 aliphatic rings. The van der Waals surface area contributed by atoms with Gasteiger partial charge in [-0.3, -0.25) is 19.3 Å². The van der Waals surface area contributed by atoms with Crippen LogP contribution >= 0.6 is 0 Å². The molecule has 1 saturated carbocycles. The van der Waals surface area contributed by atoms with Crippen LogP contribution in [0.15, 0.2) is 29.0 Å². The van der Waals surface area contributed by atoms with Gasteiger partial charge in [-0.15, -0.1) is 0 Å². The number of carbonyl (C=O) groups is 3. The van der Waals surface area contributed by atoms with Gasteiger partial charge in [0.1, 0.15) is 34.5 Å². The van der Waals surface area contributed by atoms with Crippen LogP contribution in [0.25, 0.3) is 5.76 Å². The summed E-state index contributed by atoms with van der Waals surface area (Å²) in [5.74, 6) is -6.41. The zero-order valence-electron chi connectivity index (χ0n) is 23.1. The lowest BCUT2D eigenvalue weighted by atomic mass is 9.45. The number of ketones is 2. The van der Waals surface area contributed by atoms with Gasteiger partial charge in [0.2, 0.25) is 0 Å². The fourth-order valence-electron chi connectivity index (χ4n) is 6.56. The van der Waals surface area contributed by atoms with Crippen LogP contribution in [0.1, 0.15) is 36.6 Å². The van der Waals surface area contributed by atoms with E-state index >= 15 is 0 Å². The van der Waals surface area contributed by atoms with Crippen molar-refractivity contribution in [1.29, 1.82) is 5.26 Å². The molecule has 1 aromatic rings. The van der Waals surface area contributed by atoms with E-state index in [1.807, 2.05) is 13.8 Å². The number of aliphatic hydroxyl groups is 3. The molecule has 0 unspecified atom stereocenters. The maximum Gasteiger partial charge on any atom is 0.255 e. The summed E-state index contributed by atoms with van der Waals surface area (Å²) >= 11 is 0. The van der Waals surface area contributed by atoms with E-state index in [0.717, 1.165) is 4.90 Å². The molecular weight excluding hydrogens is 534 g/mol. The first-order valence-electron chi connectivity index (χ1n) is 12.9. The zero-order valence-corrected chi connectivity index (χ0v) is 23.1. The van der Waals surface area contributed by atoms with Gasteiger partial charge < -0.3 is 48.7 Å². The molecule has 0 radical (unpaired) electrons. The monoisotopic (exact) mass is 569 g/mol. The van der Waals surface area contributed by atoms with E-state index in [1.165, 1.54) is 26.2 Å². The van der Waals surface area contributed by atoms with E-state index in [0.29, 0.717) is 18.0 Å². The van der Waals surface area contributed by atoms with Crippen molar-refractivity contribution in [3.05, 3.63) is 45.7 Å². The van der Waals surface area contributed by atoms with Crippen molar-refractivity contribution >= 4 is 23.2 Å². The molecule has 0 heterocycles. The second-order valence-electron chi connectivity index (χ2n) is 11.5. The van der Waals surface area contributed by atoms with E-state index in [2.05, 4.69) is 5.32 Å². The molecule has 0 bridgehead atoms. The summed E-state index contributed by atoms with van der Waals surface area (Å²) in [5.41, 5.74) is 15.4. The fraction of sp³-hybridized carbons (Fsp3) is 0.481. The Labute approximate surface area is 235 Å². The molecule has 0 aliphatic heterocycles. The number of primary amides is 1. The average molecular weight is 570 g/mol. The van der Waals surface area contributed by atoms with Crippen molar-refractivity contribution in [2.75, 3.05) is 20.6 Å². The Morgan fingerprint density at radius 2 is 1.80 bits per heavy atom. The summed E-state index contributed by atoms with van der Waals surface area (Å²) in [4.78, 5) is 41.3.